The monoisotopic (exact) mass is 250 g/mol. The fourth-order valence-corrected chi connectivity index (χ4v) is 1.53. The number of benzene rings is 1. The molecule has 0 radical (unpaired) electrons. The molecule has 2 N–H and O–H groups in total. The summed E-state index contributed by atoms with van der Waals surface area (Å²) in [4.78, 5) is 0. The molecule has 0 fully saturated rings. The predicted octanol–water partition coefficient (Wildman–Crippen LogP) is -0.182. The van der Waals surface area contributed by atoms with Crippen LogP contribution in [0.5, 0.6) is 5.75 Å². The van der Waals surface area contributed by atoms with E-state index in [0.717, 1.165) is 11.6 Å². The largest absolute Gasteiger partial charge is 0.489 e. The quantitative estimate of drug-likeness (QED) is 0.738. The molecule has 18 heavy (non-hydrogen) atoms. The average Bonchev–Trinajstić information content (AvgIpc) is 2.72. The smallest absolute Gasteiger partial charge is 0.488 e. The van der Waals surface area contributed by atoms with Gasteiger partial charge in [-0.3, -0.25) is 4.68 Å². The van der Waals surface area contributed by atoms with E-state index in [0.29, 0.717) is 0 Å². The van der Waals surface area contributed by atoms with E-state index in [-0.39, 0.29) is 17.8 Å². The fourth-order valence-electron chi connectivity index (χ4n) is 1.53. The Morgan fingerprint density at radius 3 is 2.78 bits per heavy atom. The Balaban J connectivity index is 2.09. The summed E-state index contributed by atoms with van der Waals surface area (Å²) in [6.45, 7) is 0.234. The van der Waals surface area contributed by atoms with Gasteiger partial charge in [0.1, 0.15) is 18.2 Å². The average molecular weight is 250 g/mol. The Morgan fingerprint density at radius 1 is 1.39 bits per heavy atom. The molecule has 0 saturated heterocycles. The van der Waals surface area contributed by atoms with Gasteiger partial charge in [0.2, 0.25) is 0 Å². The minimum absolute atomic E-state index is 0.0520. The number of nitrogens with zero attached hydrogens (tertiary/aromatic N) is 2. The summed E-state index contributed by atoms with van der Waals surface area (Å²) in [5.41, 5.74) is 0.893. The minimum Gasteiger partial charge on any atom is -0.489 e. The number of halogens is 1. The van der Waals surface area contributed by atoms with Gasteiger partial charge in [0, 0.05) is 24.9 Å². The number of hydrogen-bond acceptors (Lipinski definition) is 4. The van der Waals surface area contributed by atoms with Crippen LogP contribution in [-0.2, 0) is 13.7 Å². The lowest BCUT2D eigenvalue weighted by Crippen LogP contribution is -2.30. The highest BCUT2D eigenvalue weighted by Crippen LogP contribution is 2.13. The maximum absolute atomic E-state index is 13.2. The van der Waals surface area contributed by atoms with Crippen molar-refractivity contribution in [1.82, 2.24) is 9.78 Å². The van der Waals surface area contributed by atoms with Crippen LogP contribution in [0.3, 0.4) is 0 Å². The number of aromatic nitrogens is 2. The molecular weight excluding hydrogens is 238 g/mol. The lowest BCUT2D eigenvalue weighted by molar-refractivity contribution is 0.304. The summed E-state index contributed by atoms with van der Waals surface area (Å²) >= 11 is 0. The van der Waals surface area contributed by atoms with Gasteiger partial charge >= 0.3 is 7.12 Å². The SMILES string of the molecule is Cn1cc(COc2cc(F)cc(B(O)O)c2)cn1. The summed E-state index contributed by atoms with van der Waals surface area (Å²) in [6, 6.07) is 3.61. The molecule has 0 amide bonds. The summed E-state index contributed by atoms with van der Waals surface area (Å²) in [5.74, 6) is -0.344. The van der Waals surface area contributed by atoms with Crippen LogP contribution in [0.2, 0.25) is 0 Å². The second-order valence-electron chi connectivity index (χ2n) is 3.90. The molecule has 0 unspecified atom stereocenters. The Labute approximate surface area is 104 Å². The first-order valence-electron chi connectivity index (χ1n) is 5.31. The molecular formula is C11H12BFN2O3. The molecule has 0 aliphatic heterocycles. The number of rotatable bonds is 4. The third-order valence-electron chi connectivity index (χ3n) is 2.36. The van der Waals surface area contributed by atoms with Gasteiger partial charge in [-0.05, 0) is 17.6 Å². The molecule has 2 rings (SSSR count). The molecule has 1 aromatic carbocycles. The van der Waals surface area contributed by atoms with Gasteiger partial charge in [-0.2, -0.15) is 5.10 Å². The molecule has 1 aromatic heterocycles. The molecule has 2 aromatic rings. The summed E-state index contributed by atoms with van der Waals surface area (Å²) in [5, 5.41) is 21.9. The maximum Gasteiger partial charge on any atom is 0.488 e. The molecule has 0 aliphatic rings. The van der Waals surface area contributed by atoms with E-state index >= 15 is 0 Å². The molecule has 0 atom stereocenters. The molecule has 0 aliphatic carbocycles. The minimum atomic E-state index is -1.72. The topological polar surface area (TPSA) is 67.5 Å². The van der Waals surface area contributed by atoms with Gasteiger partial charge < -0.3 is 14.8 Å². The molecule has 0 spiro atoms. The molecule has 0 bridgehead atoms. The standard InChI is InChI=1S/C11H12BFN2O3/c1-15-6-8(5-14-15)7-18-11-3-9(12(16)17)2-10(13)4-11/h2-6,16-17H,7H2,1H3. The molecule has 0 saturated carbocycles. The zero-order chi connectivity index (χ0) is 13.1. The Kier molecular flexibility index (Phi) is 3.64. The number of ether oxygens (including phenoxy) is 1. The van der Waals surface area contributed by atoms with Crippen molar-refractivity contribution < 1.29 is 19.2 Å². The zero-order valence-electron chi connectivity index (χ0n) is 9.75. The van der Waals surface area contributed by atoms with Crippen LogP contribution in [-0.4, -0.2) is 26.9 Å². The summed E-state index contributed by atoms with van der Waals surface area (Å²) in [7, 11) is 0.0628. The fraction of sp³-hybridized carbons (Fsp3) is 0.182. The highest BCUT2D eigenvalue weighted by Gasteiger charge is 2.13. The van der Waals surface area contributed by atoms with Crippen LogP contribution in [0.25, 0.3) is 0 Å². The second-order valence-corrected chi connectivity index (χ2v) is 3.90. The van der Waals surface area contributed by atoms with Crippen molar-refractivity contribution in [3.8, 4) is 5.75 Å². The van der Waals surface area contributed by atoms with Gasteiger partial charge in [-0.15, -0.1) is 0 Å². The molecule has 94 valence electrons. The van der Waals surface area contributed by atoms with Crippen molar-refractivity contribution in [2.75, 3.05) is 0 Å². The summed E-state index contributed by atoms with van der Waals surface area (Å²) < 4.78 is 20.2. The van der Waals surface area contributed by atoms with Crippen molar-refractivity contribution in [3.05, 3.63) is 42.0 Å². The molecule has 5 nitrogen and oxygen atoms in total. The van der Waals surface area contributed by atoms with E-state index in [2.05, 4.69) is 5.10 Å². The van der Waals surface area contributed by atoms with Crippen molar-refractivity contribution in [2.45, 2.75) is 6.61 Å². The predicted molar refractivity (Wildman–Crippen MR) is 63.8 cm³/mol. The third kappa shape index (κ3) is 3.09. The van der Waals surface area contributed by atoms with Gasteiger partial charge in [0.05, 0.1) is 6.20 Å². The van der Waals surface area contributed by atoms with Crippen molar-refractivity contribution >= 4 is 12.6 Å². The van der Waals surface area contributed by atoms with Crippen LogP contribution in [0.15, 0.2) is 30.6 Å². The molecule has 7 heteroatoms. The van der Waals surface area contributed by atoms with Crippen LogP contribution < -0.4 is 10.2 Å². The van der Waals surface area contributed by atoms with E-state index < -0.39 is 12.9 Å². The van der Waals surface area contributed by atoms with Gasteiger partial charge in [0.25, 0.3) is 0 Å². The maximum atomic E-state index is 13.2. The van der Waals surface area contributed by atoms with E-state index in [4.69, 9.17) is 14.8 Å². The lowest BCUT2D eigenvalue weighted by atomic mass is 9.80. The van der Waals surface area contributed by atoms with E-state index in [1.807, 2.05) is 0 Å². The van der Waals surface area contributed by atoms with Crippen LogP contribution >= 0.6 is 0 Å². The van der Waals surface area contributed by atoms with Crippen molar-refractivity contribution in [2.24, 2.45) is 7.05 Å². The van der Waals surface area contributed by atoms with Crippen LogP contribution in [0.4, 0.5) is 4.39 Å². The first kappa shape index (κ1) is 12.6. The Morgan fingerprint density at radius 2 is 2.17 bits per heavy atom. The lowest BCUT2D eigenvalue weighted by Gasteiger charge is -2.07. The summed E-state index contributed by atoms with van der Waals surface area (Å²) in [6.07, 6.45) is 3.42. The highest BCUT2D eigenvalue weighted by molar-refractivity contribution is 6.58. The number of aryl methyl sites for hydroxylation is 1. The van der Waals surface area contributed by atoms with Crippen molar-refractivity contribution in [1.29, 1.82) is 0 Å². The van der Waals surface area contributed by atoms with Gasteiger partial charge in [-0.1, -0.05) is 0 Å². The van der Waals surface area contributed by atoms with E-state index in [9.17, 15) is 4.39 Å². The second kappa shape index (κ2) is 5.20. The van der Waals surface area contributed by atoms with E-state index in [1.54, 1.807) is 24.1 Å². The zero-order valence-corrected chi connectivity index (χ0v) is 9.75. The van der Waals surface area contributed by atoms with Crippen molar-refractivity contribution in [3.63, 3.8) is 0 Å². The van der Waals surface area contributed by atoms with E-state index in [1.165, 1.54) is 12.1 Å². The highest BCUT2D eigenvalue weighted by atomic mass is 19.1. The normalized spacial score (nSPS) is 10.4. The first-order valence-corrected chi connectivity index (χ1v) is 5.31. The number of hydrogen-bond donors (Lipinski definition) is 2. The van der Waals surface area contributed by atoms with Gasteiger partial charge in [0.15, 0.2) is 0 Å². The van der Waals surface area contributed by atoms with Crippen LogP contribution in [0.1, 0.15) is 5.56 Å². The van der Waals surface area contributed by atoms with Gasteiger partial charge in [-0.25, -0.2) is 4.39 Å². The third-order valence-corrected chi connectivity index (χ3v) is 2.36. The Hall–Kier alpha value is -1.86. The Bertz CT molecular complexity index is 545. The van der Waals surface area contributed by atoms with Crippen LogP contribution in [0, 0.1) is 5.82 Å². The molecule has 1 heterocycles. The first-order chi connectivity index (χ1) is 8.54.